The minimum Gasteiger partial charge on any atom is -0.480 e. The fourth-order valence-corrected chi connectivity index (χ4v) is 3.49. The normalized spacial score (nSPS) is 26.9. The Morgan fingerprint density at radius 3 is 2.52 bits per heavy atom. The van der Waals surface area contributed by atoms with Gasteiger partial charge >= 0.3 is 5.97 Å². The molecule has 0 aliphatic carbocycles. The summed E-state index contributed by atoms with van der Waals surface area (Å²) in [5.74, 6) is -3.83. The summed E-state index contributed by atoms with van der Waals surface area (Å²) in [7, 11) is 1.43. The van der Waals surface area contributed by atoms with E-state index >= 15 is 0 Å². The number of rotatable bonds is 14. The predicted octanol–water partition coefficient (Wildman–Crippen LogP) is -3.30. The van der Waals surface area contributed by atoms with Crippen molar-refractivity contribution in [1.29, 1.82) is 0 Å². The Labute approximate surface area is 192 Å². The monoisotopic (exact) mass is 478 g/mol. The molecule has 1 fully saturated rings. The summed E-state index contributed by atoms with van der Waals surface area (Å²) in [6, 6.07) is -1.66. The quantitative estimate of drug-likeness (QED) is 0.116. The van der Waals surface area contributed by atoms with Gasteiger partial charge in [0.1, 0.15) is 24.8 Å². The molecule has 0 aromatic heterocycles. The van der Waals surface area contributed by atoms with Crippen molar-refractivity contribution in [3.63, 3.8) is 0 Å². The van der Waals surface area contributed by atoms with Gasteiger partial charge in [0.25, 0.3) is 0 Å². The van der Waals surface area contributed by atoms with Crippen LogP contribution in [0.3, 0.4) is 0 Å². The number of carboxylic acids is 1. The molecule has 0 radical (unpaired) electrons. The highest BCUT2D eigenvalue weighted by Gasteiger charge is 2.44. The zero-order chi connectivity index (χ0) is 25.2. The van der Waals surface area contributed by atoms with Crippen LogP contribution in [-0.2, 0) is 19.1 Å². The van der Waals surface area contributed by atoms with Crippen LogP contribution in [0, 0.1) is 0 Å². The van der Waals surface area contributed by atoms with Crippen LogP contribution in [0.1, 0.15) is 39.0 Å². The number of nitrogens with two attached hydrogens (primary N) is 1. The highest BCUT2D eigenvalue weighted by Crippen LogP contribution is 2.29. The van der Waals surface area contributed by atoms with Crippen LogP contribution >= 0.6 is 0 Å². The summed E-state index contributed by atoms with van der Waals surface area (Å²) in [6.45, 7) is 1.38. The molecule has 1 aliphatic heterocycles. The molecule has 33 heavy (non-hydrogen) atoms. The van der Waals surface area contributed by atoms with Gasteiger partial charge in [-0.3, -0.25) is 14.4 Å². The van der Waals surface area contributed by atoms with E-state index in [1.807, 2.05) is 0 Å². The van der Waals surface area contributed by atoms with E-state index < -0.39 is 67.1 Å². The number of carbonyl (C=O) groups excluding carboxylic acids is 2. The number of nitrogens with one attached hydrogen (secondary N) is 2. The van der Waals surface area contributed by atoms with Gasteiger partial charge in [0.05, 0.1) is 18.8 Å². The van der Waals surface area contributed by atoms with Gasteiger partial charge in [0, 0.05) is 26.4 Å². The minimum atomic E-state index is -1.65. The smallest absolute Gasteiger partial charge is 0.322 e. The van der Waals surface area contributed by atoms with Crippen molar-refractivity contribution in [2.75, 3.05) is 33.3 Å². The van der Waals surface area contributed by atoms with Gasteiger partial charge in [0.2, 0.25) is 11.8 Å². The van der Waals surface area contributed by atoms with E-state index in [0.717, 1.165) is 0 Å². The van der Waals surface area contributed by atoms with E-state index in [1.165, 1.54) is 18.9 Å². The average molecular weight is 479 g/mol. The molecular weight excluding hydrogens is 440 g/mol. The number of hydrogen-bond donors (Lipinski definition) is 8. The first-order valence-electron chi connectivity index (χ1n) is 11.0. The van der Waals surface area contributed by atoms with E-state index in [2.05, 4.69) is 10.6 Å². The third kappa shape index (κ3) is 9.49. The van der Waals surface area contributed by atoms with Gasteiger partial charge in [-0.1, -0.05) is 6.42 Å². The number of carboxylic acid groups (broad SMARTS) is 1. The van der Waals surface area contributed by atoms with E-state index in [1.54, 1.807) is 0 Å². The highest BCUT2D eigenvalue weighted by molar-refractivity contribution is 5.90. The Hall–Kier alpha value is -1.87. The number of unbranched alkanes of at least 4 members (excludes halogenated alkanes) is 1. The van der Waals surface area contributed by atoms with Crippen LogP contribution in [0.4, 0.5) is 0 Å². The summed E-state index contributed by atoms with van der Waals surface area (Å²) in [5, 5.41) is 53.1. The summed E-state index contributed by atoms with van der Waals surface area (Å²) in [5.41, 5.74) is 5.93. The molecule has 9 N–H and O–H groups in total. The number of carbonyl (C=O) groups is 3. The molecule has 0 aromatic rings. The van der Waals surface area contributed by atoms with Crippen molar-refractivity contribution in [2.24, 2.45) is 5.73 Å². The summed E-state index contributed by atoms with van der Waals surface area (Å²) >= 11 is 0. The lowest BCUT2D eigenvalue weighted by Crippen LogP contribution is -2.56. The van der Waals surface area contributed by atoms with Crippen molar-refractivity contribution in [2.45, 2.75) is 75.2 Å². The first-order valence-corrected chi connectivity index (χ1v) is 11.0. The fraction of sp³-hybridized carbons (Fsp3) is 0.850. The van der Waals surface area contributed by atoms with Crippen molar-refractivity contribution in [3.8, 4) is 0 Å². The highest BCUT2D eigenvalue weighted by atomic mass is 16.6. The van der Waals surface area contributed by atoms with Gasteiger partial charge in [-0.25, -0.2) is 0 Å². The molecule has 1 aliphatic rings. The van der Waals surface area contributed by atoms with Crippen LogP contribution in [0.2, 0.25) is 0 Å². The number of aliphatic hydroxyl groups excluding tert-OH is 3. The maximum atomic E-state index is 12.4. The molecule has 0 bridgehead atoms. The van der Waals surface area contributed by atoms with E-state index in [-0.39, 0.29) is 12.8 Å². The predicted molar refractivity (Wildman–Crippen MR) is 116 cm³/mol. The molecule has 1 rings (SSSR count). The van der Waals surface area contributed by atoms with Crippen molar-refractivity contribution >= 4 is 17.8 Å². The third-order valence-electron chi connectivity index (χ3n) is 5.70. The molecule has 1 saturated heterocycles. The maximum Gasteiger partial charge on any atom is 0.322 e. The van der Waals surface area contributed by atoms with E-state index in [0.29, 0.717) is 32.4 Å². The number of hydrogen-bond acceptors (Lipinski definition) is 10. The lowest BCUT2D eigenvalue weighted by atomic mass is 9.94. The zero-order valence-electron chi connectivity index (χ0n) is 19.1. The third-order valence-corrected chi connectivity index (χ3v) is 5.70. The average Bonchev–Trinajstić information content (AvgIpc) is 2.77. The minimum absolute atomic E-state index is 0.151. The molecular formula is C20H38N4O9. The fourth-order valence-electron chi connectivity index (χ4n) is 3.49. The Bertz CT molecular complexity index is 653. The number of aliphatic hydroxyl groups is 4. The molecule has 192 valence electrons. The molecule has 6 atom stereocenters. The molecule has 13 heteroatoms. The number of nitrogens with zero attached hydrogens (tertiary/aromatic N) is 1. The zero-order valence-corrected chi connectivity index (χ0v) is 19.1. The van der Waals surface area contributed by atoms with Crippen LogP contribution in [0.25, 0.3) is 0 Å². The van der Waals surface area contributed by atoms with Crippen LogP contribution in [-0.4, -0.2) is 118 Å². The maximum absolute atomic E-state index is 12.4. The largest absolute Gasteiger partial charge is 0.480 e. The standard InChI is InChI=1S/C20H38N4O9/c1-12(18(30)23-10-16(27)28)24(2)19(31)13(21)5-3-4-7-22-8-6-20(32)9-14(26)17(29)15(11-25)33-20/h12-15,17,22,25-26,29,32H,3-11,21H2,1-2H3,(H,23,30)(H,27,28). The SMILES string of the molecule is CC(C(=O)NCC(=O)O)N(C)C(=O)C(N)CCCCNCCC1(O)CC(O)C(O)C(CO)O1. The molecule has 2 amide bonds. The number of ether oxygens (including phenoxy) is 1. The van der Waals surface area contributed by atoms with E-state index in [4.69, 9.17) is 15.6 Å². The van der Waals surface area contributed by atoms with Gasteiger partial charge in [-0.15, -0.1) is 0 Å². The second-order valence-corrected chi connectivity index (χ2v) is 8.39. The van der Waals surface area contributed by atoms with Crippen LogP contribution in [0.15, 0.2) is 0 Å². The van der Waals surface area contributed by atoms with Crippen LogP contribution in [0.5, 0.6) is 0 Å². The first-order chi connectivity index (χ1) is 15.4. The van der Waals surface area contributed by atoms with Crippen molar-refractivity contribution in [1.82, 2.24) is 15.5 Å². The number of amides is 2. The molecule has 13 nitrogen and oxygen atoms in total. The summed E-state index contributed by atoms with van der Waals surface area (Å²) in [6.07, 6.45) is -1.79. The van der Waals surface area contributed by atoms with Crippen LogP contribution < -0.4 is 16.4 Å². The molecule has 0 aromatic carbocycles. The van der Waals surface area contributed by atoms with Gasteiger partial charge in [-0.05, 0) is 26.3 Å². The lowest BCUT2D eigenvalue weighted by molar-refractivity contribution is -0.306. The summed E-state index contributed by atoms with van der Waals surface area (Å²) < 4.78 is 5.32. The lowest BCUT2D eigenvalue weighted by Gasteiger charge is -2.42. The Morgan fingerprint density at radius 2 is 1.91 bits per heavy atom. The van der Waals surface area contributed by atoms with Gasteiger partial charge in [-0.2, -0.15) is 0 Å². The van der Waals surface area contributed by atoms with Gasteiger partial charge in [0.15, 0.2) is 5.79 Å². The Balaban J connectivity index is 2.26. The van der Waals surface area contributed by atoms with Gasteiger partial charge < -0.3 is 51.5 Å². The molecule has 0 spiro atoms. The van der Waals surface area contributed by atoms with E-state index in [9.17, 15) is 34.8 Å². The second kappa shape index (κ2) is 13.7. The summed E-state index contributed by atoms with van der Waals surface area (Å²) in [4.78, 5) is 36.0. The molecule has 1 heterocycles. The first kappa shape index (κ1) is 29.2. The molecule has 0 saturated carbocycles. The van der Waals surface area contributed by atoms with Crippen molar-refractivity contribution in [3.05, 3.63) is 0 Å². The molecule has 6 unspecified atom stereocenters. The number of aliphatic carboxylic acids is 1. The number of likely N-dealkylation sites (N-methyl/N-ethyl adjacent to an activating group) is 1. The Morgan fingerprint density at radius 1 is 1.24 bits per heavy atom. The second-order valence-electron chi connectivity index (χ2n) is 8.39. The van der Waals surface area contributed by atoms with Crippen molar-refractivity contribution < 1.29 is 44.7 Å². The topological polar surface area (TPSA) is 215 Å². The Kier molecular flexibility index (Phi) is 12.1.